The quantitative estimate of drug-likeness (QED) is 0.709. The third kappa shape index (κ3) is 2.67. The molecule has 0 aromatic heterocycles. The number of benzene rings is 1. The lowest BCUT2D eigenvalue weighted by Gasteiger charge is -2.14. The van der Waals surface area contributed by atoms with Gasteiger partial charge >= 0.3 is 0 Å². The lowest BCUT2D eigenvalue weighted by Crippen LogP contribution is -2.13. The van der Waals surface area contributed by atoms with Crippen LogP contribution in [0.4, 0.5) is 4.39 Å². The van der Waals surface area contributed by atoms with Gasteiger partial charge in [-0.25, -0.2) is 4.39 Å². The summed E-state index contributed by atoms with van der Waals surface area (Å²) in [6.45, 7) is 1.81. The first kappa shape index (κ1) is 11.9. The van der Waals surface area contributed by atoms with Crippen molar-refractivity contribution in [2.45, 2.75) is 25.8 Å². The van der Waals surface area contributed by atoms with Crippen molar-refractivity contribution in [1.29, 1.82) is 0 Å². The Morgan fingerprint density at radius 2 is 2.13 bits per heavy atom. The van der Waals surface area contributed by atoms with Gasteiger partial charge in [0.25, 0.3) is 0 Å². The highest BCUT2D eigenvalue weighted by atomic mass is 19.1. The van der Waals surface area contributed by atoms with E-state index in [9.17, 15) is 9.50 Å². The molecule has 0 spiro atoms. The van der Waals surface area contributed by atoms with Crippen molar-refractivity contribution in [3.63, 3.8) is 0 Å². The minimum Gasteiger partial charge on any atom is -0.505 e. The maximum Gasteiger partial charge on any atom is 0.165 e. The number of aryl methyl sites for hydroxylation is 1. The first-order valence-electron chi connectivity index (χ1n) is 4.97. The molecule has 4 heteroatoms. The van der Waals surface area contributed by atoms with E-state index in [1.54, 1.807) is 6.07 Å². The Balaban J connectivity index is 3.09. The summed E-state index contributed by atoms with van der Waals surface area (Å²) >= 11 is 0. The van der Waals surface area contributed by atoms with Crippen LogP contribution in [0.25, 0.3) is 0 Å². The molecule has 0 amide bonds. The zero-order chi connectivity index (χ0) is 11.4. The van der Waals surface area contributed by atoms with E-state index in [-0.39, 0.29) is 6.61 Å². The normalized spacial score (nSPS) is 12.8. The van der Waals surface area contributed by atoms with Crippen molar-refractivity contribution in [3.8, 4) is 5.75 Å². The summed E-state index contributed by atoms with van der Waals surface area (Å²) in [5.41, 5.74) is 6.86. The highest BCUT2D eigenvalue weighted by Gasteiger charge is 2.15. The van der Waals surface area contributed by atoms with E-state index in [0.717, 1.165) is 5.56 Å². The molecule has 1 unspecified atom stereocenters. The van der Waals surface area contributed by atoms with E-state index >= 15 is 0 Å². The molecule has 1 aromatic rings. The van der Waals surface area contributed by atoms with Crippen LogP contribution in [0.15, 0.2) is 12.1 Å². The zero-order valence-electron chi connectivity index (χ0n) is 8.70. The second kappa shape index (κ2) is 5.09. The highest BCUT2D eigenvalue weighted by Crippen LogP contribution is 2.29. The maximum absolute atomic E-state index is 13.3. The summed E-state index contributed by atoms with van der Waals surface area (Å²) in [7, 11) is 0. The van der Waals surface area contributed by atoms with Gasteiger partial charge in [-0.05, 0) is 24.5 Å². The van der Waals surface area contributed by atoms with Crippen LogP contribution in [-0.4, -0.2) is 16.8 Å². The van der Waals surface area contributed by atoms with Crippen molar-refractivity contribution in [3.05, 3.63) is 29.1 Å². The number of nitrogens with two attached hydrogens (primary N) is 1. The number of aromatic hydroxyl groups is 1. The number of phenols is 1. The van der Waals surface area contributed by atoms with Gasteiger partial charge in [0.1, 0.15) is 0 Å². The third-order valence-corrected chi connectivity index (χ3v) is 2.40. The van der Waals surface area contributed by atoms with Gasteiger partial charge in [-0.1, -0.05) is 13.0 Å². The zero-order valence-corrected chi connectivity index (χ0v) is 8.70. The van der Waals surface area contributed by atoms with Crippen LogP contribution in [0.3, 0.4) is 0 Å². The minimum atomic E-state index is -0.655. The Labute approximate surface area is 88.4 Å². The molecule has 0 radical (unpaired) electrons. The van der Waals surface area contributed by atoms with Crippen LogP contribution in [0.1, 0.15) is 30.5 Å². The fourth-order valence-electron chi connectivity index (χ4n) is 1.46. The maximum atomic E-state index is 13.3. The van der Waals surface area contributed by atoms with Crippen molar-refractivity contribution in [1.82, 2.24) is 0 Å². The van der Waals surface area contributed by atoms with Crippen LogP contribution in [0, 0.1) is 5.82 Å². The van der Waals surface area contributed by atoms with Crippen LogP contribution in [0.2, 0.25) is 0 Å². The van der Waals surface area contributed by atoms with Crippen LogP contribution in [0.5, 0.6) is 5.75 Å². The standard InChI is InChI=1S/C11H16FNO2/c1-2-7-5-8(10(13)3-4-14)11(15)9(12)6-7/h5-6,10,14-15H,2-4,13H2,1H3. The highest BCUT2D eigenvalue weighted by molar-refractivity contribution is 5.39. The van der Waals surface area contributed by atoms with Gasteiger partial charge < -0.3 is 15.9 Å². The topological polar surface area (TPSA) is 66.5 Å². The van der Waals surface area contributed by atoms with Gasteiger partial charge in [0, 0.05) is 18.2 Å². The molecule has 3 nitrogen and oxygen atoms in total. The van der Waals surface area contributed by atoms with E-state index in [0.29, 0.717) is 18.4 Å². The number of aliphatic hydroxyl groups is 1. The smallest absolute Gasteiger partial charge is 0.165 e. The molecule has 0 saturated heterocycles. The molecule has 0 bridgehead atoms. The van der Waals surface area contributed by atoms with E-state index in [4.69, 9.17) is 10.8 Å². The van der Waals surface area contributed by atoms with E-state index in [1.807, 2.05) is 6.92 Å². The first-order valence-corrected chi connectivity index (χ1v) is 4.97. The molecule has 1 aromatic carbocycles. The molecule has 0 saturated carbocycles. The molecule has 0 fully saturated rings. The second-order valence-electron chi connectivity index (χ2n) is 3.49. The average Bonchev–Trinajstić information content (AvgIpc) is 2.22. The number of hydrogen-bond acceptors (Lipinski definition) is 3. The molecule has 1 atom stereocenters. The molecular formula is C11H16FNO2. The summed E-state index contributed by atoms with van der Waals surface area (Å²) in [5, 5.41) is 18.2. The molecule has 0 aliphatic carbocycles. The van der Waals surface area contributed by atoms with Crippen molar-refractivity contribution < 1.29 is 14.6 Å². The van der Waals surface area contributed by atoms with Crippen LogP contribution < -0.4 is 5.73 Å². The molecule has 1 rings (SSSR count). The van der Waals surface area contributed by atoms with Gasteiger partial charge in [0.05, 0.1) is 0 Å². The fraction of sp³-hybridized carbons (Fsp3) is 0.455. The van der Waals surface area contributed by atoms with Gasteiger partial charge in [0.2, 0.25) is 0 Å². The third-order valence-electron chi connectivity index (χ3n) is 2.40. The Kier molecular flexibility index (Phi) is 4.05. The summed E-state index contributed by atoms with van der Waals surface area (Å²) in [6.07, 6.45) is 0.982. The van der Waals surface area contributed by atoms with Crippen LogP contribution in [-0.2, 0) is 6.42 Å². The number of aliphatic hydroxyl groups excluding tert-OH is 1. The summed E-state index contributed by atoms with van der Waals surface area (Å²) in [5.74, 6) is -1.06. The van der Waals surface area contributed by atoms with Gasteiger partial charge in [-0.2, -0.15) is 0 Å². The SMILES string of the molecule is CCc1cc(F)c(O)c(C(N)CCO)c1. The second-order valence-corrected chi connectivity index (χ2v) is 3.49. The Morgan fingerprint density at radius 1 is 1.47 bits per heavy atom. The van der Waals surface area contributed by atoms with Gasteiger partial charge in [-0.3, -0.25) is 0 Å². The van der Waals surface area contributed by atoms with Gasteiger partial charge in [0.15, 0.2) is 11.6 Å². The number of phenolic OH excluding ortho intramolecular Hbond substituents is 1. The summed E-state index contributed by atoms with van der Waals surface area (Å²) in [6, 6.07) is 2.44. The predicted molar refractivity (Wildman–Crippen MR) is 56.1 cm³/mol. The molecule has 15 heavy (non-hydrogen) atoms. The minimum absolute atomic E-state index is 0.0847. The average molecular weight is 213 g/mol. The molecule has 0 aliphatic rings. The predicted octanol–water partition coefficient (Wildman–Crippen LogP) is 1.48. The van der Waals surface area contributed by atoms with E-state index < -0.39 is 17.6 Å². The Hall–Kier alpha value is -1.13. The number of hydrogen-bond donors (Lipinski definition) is 3. The van der Waals surface area contributed by atoms with Crippen molar-refractivity contribution in [2.75, 3.05) is 6.61 Å². The lowest BCUT2D eigenvalue weighted by molar-refractivity contribution is 0.275. The number of halogens is 1. The molecule has 0 heterocycles. The molecular weight excluding hydrogens is 197 g/mol. The number of rotatable bonds is 4. The monoisotopic (exact) mass is 213 g/mol. The molecule has 0 aliphatic heterocycles. The van der Waals surface area contributed by atoms with Gasteiger partial charge in [-0.15, -0.1) is 0 Å². The van der Waals surface area contributed by atoms with E-state index in [1.165, 1.54) is 6.07 Å². The fourth-order valence-corrected chi connectivity index (χ4v) is 1.46. The first-order chi connectivity index (χ1) is 7.10. The lowest BCUT2D eigenvalue weighted by atomic mass is 10.00. The van der Waals surface area contributed by atoms with E-state index in [2.05, 4.69) is 0 Å². The molecule has 84 valence electrons. The largest absolute Gasteiger partial charge is 0.505 e. The summed E-state index contributed by atoms with van der Waals surface area (Å²) < 4.78 is 13.3. The Bertz CT molecular complexity index is 342. The summed E-state index contributed by atoms with van der Waals surface area (Å²) in [4.78, 5) is 0. The molecule has 4 N–H and O–H groups in total. The Morgan fingerprint density at radius 3 is 2.67 bits per heavy atom. The van der Waals surface area contributed by atoms with Crippen LogP contribution >= 0.6 is 0 Å². The van der Waals surface area contributed by atoms with Crippen molar-refractivity contribution in [2.24, 2.45) is 5.73 Å². The van der Waals surface area contributed by atoms with Crippen molar-refractivity contribution >= 4 is 0 Å².